The van der Waals surface area contributed by atoms with Crippen molar-refractivity contribution >= 4 is 22.3 Å². The van der Waals surface area contributed by atoms with E-state index in [1.807, 2.05) is 0 Å². The van der Waals surface area contributed by atoms with Gasteiger partial charge in [-0.2, -0.15) is 13.2 Å². The van der Waals surface area contributed by atoms with Gasteiger partial charge in [-0.15, -0.1) is 11.3 Å². The van der Waals surface area contributed by atoms with Crippen LogP contribution < -0.4 is 4.74 Å². The van der Waals surface area contributed by atoms with Gasteiger partial charge in [-0.1, -0.05) is 30.3 Å². The lowest BCUT2D eigenvalue weighted by Gasteiger charge is -2.07. The minimum atomic E-state index is -4.43. The second-order valence-electron chi connectivity index (χ2n) is 6.18. The Morgan fingerprint density at radius 1 is 1.00 bits per heavy atom. The summed E-state index contributed by atoms with van der Waals surface area (Å²) in [7, 11) is 0. The molecular weight excluding hydrogens is 389 g/mol. The number of thiophene rings is 1. The third-order valence-corrected chi connectivity index (χ3v) is 5.36. The molecule has 0 saturated carbocycles. The van der Waals surface area contributed by atoms with Crippen molar-refractivity contribution in [2.45, 2.75) is 19.4 Å². The van der Waals surface area contributed by atoms with Gasteiger partial charge in [0.25, 0.3) is 0 Å². The lowest BCUT2D eigenvalue weighted by Crippen LogP contribution is -2.03. The number of ether oxygens (including phenoxy) is 1. The molecule has 2 aromatic carbocycles. The third-order valence-electron chi connectivity index (χ3n) is 4.20. The second-order valence-corrected chi connectivity index (χ2v) is 7.32. The van der Waals surface area contributed by atoms with Crippen LogP contribution in [0.1, 0.15) is 15.5 Å². The minimum absolute atomic E-state index is 0.0135. The highest BCUT2D eigenvalue weighted by Gasteiger charge is 2.36. The standard InChI is InChI=1S/C21H15F3O3S/c22-21(23,24)20-18(13-4-2-1-3-5-13)10-17(28-20)12-26-15-7-6-14-8-16(11-25)27-19(14)9-15/h1-10,25H,11-12H2. The van der Waals surface area contributed by atoms with E-state index in [9.17, 15) is 13.2 Å². The number of fused-ring (bicyclic) bond motifs is 1. The van der Waals surface area contributed by atoms with E-state index in [0.29, 0.717) is 38.9 Å². The maximum absolute atomic E-state index is 13.5. The van der Waals surface area contributed by atoms with Crippen LogP contribution in [-0.2, 0) is 19.4 Å². The van der Waals surface area contributed by atoms with Gasteiger partial charge in [0, 0.05) is 21.9 Å². The first-order valence-corrected chi connectivity index (χ1v) is 9.27. The number of halogens is 3. The maximum atomic E-state index is 13.5. The Kier molecular flexibility index (Phi) is 4.87. The molecule has 2 aromatic heterocycles. The molecule has 0 spiro atoms. The largest absolute Gasteiger partial charge is 0.488 e. The Balaban J connectivity index is 1.59. The van der Waals surface area contributed by atoms with E-state index in [1.165, 1.54) is 6.07 Å². The molecule has 4 aromatic rings. The van der Waals surface area contributed by atoms with Crippen molar-refractivity contribution in [1.82, 2.24) is 0 Å². The van der Waals surface area contributed by atoms with Crippen molar-refractivity contribution in [2.24, 2.45) is 0 Å². The molecule has 0 unspecified atom stereocenters. The fourth-order valence-electron chi connectivity index (χ4n) is 2.94. The predicted molar refractivity (Wildman–Crippen MR) is 101 cm³/mol. The number of rotatable bonds is 5. The molecule has 2 heterocycles. The number of benzene rings is 2. The lowest BCUT2D eigenvalue weighted by atomic mass is 10.1. The SMILES string of the molecule is OCc1cc2ccc(OCc3cc(-c4ccccc4)c(C(F)(F)F)s3)cc2o1. The summed E-state index contributed by atoms with van der Waals surface area (Å²) >= 11 is 0.685. The first-order valence-electron chi connectivity index (χ1n) is 8.45. The molecule has 28 heavy (non-hydrogen) atoms. The van der Waals surface area contributed by atoms with Crippen LogP contribution in [0.4, 0.5) is 13.2 Å². The number of furan rings is 1. The molecule has 3 nitrogen and oxygen atoms in total. The van der Waals surface area contributed by atoms with Gasteiger partial charge in [0.05, 0.1) is 0 Å². The van der Waals surface area contributed by atoms with Crippen molar-refractivity contribution < 1.29 is 27.4 Å². The summed E-state index contributed by atoms with van der Waals surface area (Å²) in [6.07, 6.45) is -4.43. The van der Waals surface area contributed by atoms with Crippen LogP contribution >= 0.6 is 11.3 Å². The lowest BCUT2D eigenvalue weighted by molar-refractivity contribution is -0.133. The van der Waals surface area contributed by atoms with Gasteiger partial charge in [0.1, 0.15) is 35.2 Å². The molecule has 0 aliphatic rings. The fourth-order valence-corrected chi connectivity index (χ4v) is 3.90. The molecule has 144 valence electrons. The Morgan fingerprint density at radius 3 is 2.50 bits per heavy atom. The Bertz CT molecular complexity index is 1100. The molecule has 0 aliphatic heterocycles. The number of aliphatic hydroxyl groups excluding tert-OH is 1. The molecule has 0 radical (unpaired) electrons. The van der Waals surface area contributed by atoms with E-state index in [1.54, 1.807) is 54.6 Å². The highest BCUT2D eigenvalue weighted by atomic mass is 32.1. The summed E-state index contributed by atoms with van der Waals surface area (Å²) in [6.45, 7) is -0.192. The molecule has 4 rings (SSSR count). The summed E-state index contributed by atoms with van der Waals surface area (Å²) in [5.41, 5.74) is 1.23. The van der Waals surface area contributed by atoms with Gasteiger partial charge < -0.3 is 14.3 Å². The van der Waals surface area contributed by atoms with Gasteiger partial charge >= 0.3 is 6.18 Å². The molecular formula is C21H15F3O3S. The van der Waals surface area contributed by atoms with Crippen LogP contribution in [0.5, 0.6) is 5.75 Å². The molecule has 0 aliphatic carbocycles. The summed E-state index contributed by atoms with van der Waals surface area (Å²) in [4.78, 5) is -0.159. The maximum Gasteiger partial charge on any atom is 0.426 e. The average Bonchev–Trinajstić information content (AvgIpc) is 3.30. The summed E-state index contributed by atoms with van der Waals surface area (Å²) in [5.74, 6) is 0.919. The summed E-state index contributed by atoms with van der Waals surface area (Å²) in [6, 6.07) is 16.9. The minimum Gasteiger partial charge on any atom is -0.488 e. The highest BCUT2D eigenvalue weighted by Crippen LogP contribution is 2.43. The molecule has 0 amide bonds. The van der Waals surface area contributed by atoms with E-state index in [2.05, 4.69) is 0 Å². The molecule has 1 N–H and O–H groups in total. The average molecular weight is 404 g/mol. The first kappa shape index (κ1) is 18.6. The number of aliphatic hydroxyl groups is 1. The van der Waals surface area contributed by atoms with E-state index < -0.39 is 11.1 Å². The normalized spacial score (nSPS) is 11.9. The van der Waals surface area contributed by atoms with Crippen molar-refractivity contribution in [3.05, 3.63) is 76.2 Å². The van der Waals surface area contributed by atoms with Crippen LogP contribution in [0.2, 0.25) is 0 Å². The molecule has 7 heteroatoms. The van der Waals surface area contributed by atoms with Crippen LogP contribution in [0, 0.1) is 0 Å². The van der Waals surface area contributed by atoms with Crippen molar-refractivity contribution in [3.8, 4) is 16.9 Å². The van der Waals surface area contributed by atoms with Crippen molar-refractivity contribution in [1.29, 1.82) is 0 Å². The highest BCUT2D eigenvalue weighted by molar-refractivity contribution is 7.12. The number of hydrogen-bond donors (Lipinski definition) is 1. The first-order chi connectivity index (χ1) is 13.4. The van der Waals surface area contributed by atoms with Crippen LogP contribution in [0.15, 0.2) is 65.1 Å². The number of alkyl halides is 3. The molecule has 0 saturated heterocycles. The van der Waals surface area contributed by atoms with E-state index >= 15 is 0 Å². The number of hydrogen-bond acceptors (Lipinski definition) is 4. The Labute approximate surface area is 162 Å². The van der Waals surface area contributed by atoms with E-state index in [4.69, 9.17) is 14.3 Å². The molecule has 0 bridgehead atoms. The summed E-state index contributed by atoms with van der Waals surface area (Å²) in [5, 5.41) is 9.95. The van der Waals surface area contributed by atoms with Gasteiger partial charge in [-0.25, -0.2) is 0 Å². The van der Waals surface area contributed by atoms with E-state index in [0.717, 1.165) is 5.39 Å². The van der Waals surface area contributed by atoms with Gasteiger partial charge in [-0.05, 0) is 29.8 Å². The van der Waals surface area contributed by atoms with Crippen molar-refractivity contribution in [2.75, 3.05) is 0 Å². The zero-order valence-electron chi connectivity index (χ0n) is 14.5. The van der Waals surface area contributed by atoms with Crippen LogP contribution in [0.25, 0.3) is 22.1 Å². The van der Waals surface area contributed by atoms with Crippen molar-refractivity contribution in [3.63, 3.8) is 0 Å². The smallest absolute Gasteiger partial charge is 0.426 e. The quantitative estimate of drug-likeness (QED) is 0.427. The Morgan fingerprint density at radius 2 is 1.79 bits per heavy atom. The fraction of sp³-hybridized carbons (Fsp3) is 0.143. The third kappa shape index (κ3) is 3.76. The van der Waals surface area contributed by atoms with Gasteiger partial charge in [-0.3, -0.25) is 0 Å². The zero-order chi connectivity index (χ0) is 19.7. The predicted octanol–water partition coefficient (Wildman–Crippen LogP) is 6.25. The zero-order valence-corrected chi connectivity index (χ0v) is 15.3. The van der Waals surface area contributed by atoms with Gasteiger partial charge in [0.15, 0.2) is 0 Å². The monoisotopic (exact) mass is 404 g/mol. The second kappa shape index (κ2) is 7.33. The van der Waals surface area contributed by atoms with Gasteiger partial charge in [0.2, 0.25) is 0 Å². The summed E-state index contributed by atoms with van der Waals surface area (Å²) < 4.78 is 51.5. The van der Waals surface area contributed by atoms with Crippen LogP contribution in [0.3, 0.4) is 0 Å². The van der Waals surface area contributed by atoms with E-state index in [-0.39, 0.29) is 18.8 Å². The topological polar surface area (TPSA) is 42.6 Å². The van der Waals surface area contributed by atoms with Crippen LogP contribution in [-0.4, -0.2) is 5.11 Å². The Hall–Kier alpha value is -2.77. The molecule has 0 fully saturated rings. The molecule has 0 atom stereocenters.